The summed E-state index contributed by atoms with van der Waals surface area (Å²) in [5.74, 6) is -0.928. The molecule has 0 spiro atoms. The van der Waals surface area contributed by atoms with Gasteiger partial charge in [-0.15, -0.1) is 0 Å². The fourth-order valence-corrected chi connectivity index (χ4v) is 4.21. The molecule has 5 nitrogen and oxygen atoms in total. The number of carboxylic acids is 1. The number of pyridine rings is 1. The maximum Gasteiger partial charge on any atom is 0.335 e. The fourth-order valence-electron chi connectivity index (χ4n) is 3.21. The summed E-state index contributed by atoms with van der Waals surface area (Å²) in [4.78, 5) is 27.3. The van der Waals surface area contributed by atoms with Crippen LogP contribution in [0.1, 0.15) is 35.5 Å². The van der Waals surface area contributed by atoms with Gasteiger partial charge in [-0.25, -0.2) is 9.10 Å². The molecule has 0 saturated carbocycles. The van der Waals surface area contributed by atoms with Gasteiger partial charge in [0.1, 0.15) is 0 Å². The highest BCUT2D eigenvalue weighted by Gasteiger charge is 2.21. The maximum absolute atomic E-state index is 12.3. The summed E-state index contributed by atoms with van der Waals surface area (Å²) < 4.78 is 2.15. The van der Waals surface area contributed by atoms with E-state index in [1.807, 2.05) is 44.2 Å². The van der Waals surface area contributed by atoms with Gasteiger partial charge in [0.15, 0.2) is 0 Å². The Morgan fingerprint density at radius 1 is 1.11 bits per heavy atom. The largest absolute Gasteiger partial charge is 0.478 e. The lowest BCUT2D eigenvalue weighted by Gasteiger charge is -2.28. The van der Waals surface area contributed by atoms with Crippen molar-refractivity contribution in [3.63, 3.8) is 0 Å². The molecule has 2 aromatic carbocycles. The molecular formula is C21H22N2O3S. The number of carbonyl (C=O) groups is 1. The van der Waals surface area contributed by atoms with Crippen LogP contribution in [-0.2, 0) is 13.0 Å². The van der Waals surface area contributed by atoms with E-state index in [0.717, 1.165) is 34.3 Å². The van der Waals surface area contributed by atoms with E-state index in [0.29, 0.717) is 6.54 Å². The number of rotatable bonds is 3. The SMILES string of the molecule is CC.O=C(O)c1cccc(SN2CCc3c([nH]c(=O)c4ccccc34)C2)c1. The van der Waals surface area contributed by atoms with Crippen molar-refractivity contribution >= 4 is 28.7 Å². The number of hydrogen-bond acceptors (Lipinski definition) is 4. The van der Waals surface area contributed by atoms with E-state index in [1.165, 1.54) is 17.5 Å². The number of aromatic carboxylic acids is 1. The van der Waals surface area contributed by atoms with Crippen molar-refractivity contribution in [2.45, 2.75) is 31.7 Å². The first-order chi connectivity index (χ1) is 13.1. The predicted octanol–water partition coefficient (Wildman–Crippen LogP) is 4.32. The number of aromatic nitrogens is 1. The molecule has 3 aromatic rings. The van der Waals surface area contributed by atoms with E-state index < -0.39 is 5.97 Å². The van der Waals surface area contributed by atoms with E-state index >= 15 is 0 Å². The Morgan fingerprint density at radius 2 is 1.85 bits per heavy atom. The summed E-state index contributed by atoms with van der Waals surface area (Å²) in [5.41, 5.74) is 2.36. The van der Waals surface area contributed by atoms with Crippen molar-refractivity contribution in [1.29, 1.82) is 0 Å². The molecule has 0 bridgehead atoms. The van der Waals surface area contributed by atoms with E-state index in [2.05, 4.69) is 9.29 Å². The predicted molar refractivity (Wildman–Crippen MR) is 109 cm³/mol. The molecule has 1 aromatic heterocycles. The second-order valence-corrected chi connectivity index (χ2v) is 7.16. The molecule has 1 aliphatic heterocycles. The molecule has 6 heteroatoms. The molecule has 2 heterocycles. The van der Waals surface area contributed by atoms with E-state index in [9.17, 15) is 9.59 Å². The molecule has 1 aliphatic rings. The molecule has 4 rings (SSSR count). The Morgan fingerprint density at radius 3 is 2.59 bits per heavy atom. The van der Waals surface area contributed by atoms with Crippen molar-refractivity contribution in [2.75, 3.05) is 6.54 Å². The minimum atomic E-state index is -0.928. The Labute approximate surface area is 162 Å². The highest BCUT2D eigenvalue weighted by molar-refractivity contribution is 7.97. The number of H-pyrrole nitrogens is 1. The maximum atomic E-state index is 12.3. The minimum Gasteiger partial charge on any atom is -0.478 e. The van der Waals surface area contributed by atoms with E-state index in [4.69, 9.17) is 5.11 Å². The lowest BCUT2D eigenvalue weighted by Crippen LogP contribution is -2.28. The average molecular weight is 382 g/mol. The molecule has 0 radical (unpaired) electrons. The van der Waals surface area contributed by atoms with Gasteiger partial charge in [-0.3, -0.25) is 4.79 Å². The van der Waals surface area contributed by atoms with Crippen molar-refractivity contribution < 1.29 is 9.90 Å². The summed E-state index contributed by atoms with van der Waals surface area (Å²) in [6.45, 7) is 5.46. The third-order valence-electron chi connectivity index (χ3n) is 4.39. The Hall–Kier alpha value is -2.57. The molecule has 0 saturated heterocycles. The highest BCUT2D eigenvalue weighted by Crippen LogP contribution is 2.31. The third-order valence-corrected chi connectivity index (χ3v) is 5.42. The fraction of sp³-hybridized carbons (Fsp3) is 0.238. The van der Waals surface area contributed by atoms with Crippen LogP contribution in [0.25, 0.3) is 10.8 Å². The van der Waals surface area contributed by atoms with Crippen LogP contribution >= 0.6 is 11.9 Å². The van der Waals surface area contributed by atoms with Gasteiger partial charge >= 0.3 is 5.97 Å². The number of nitrogens with zero attached hydrogens (tertiary/aromatic N) is 1. The van der Waals surface area contributed by atoms with Crippen LogP contribution in [0.2, 0.25) is 0 Å². The second-order valence-electron chi connectivity index (χ2n) is 5.99. The third kappa shape index (κ3) is 4.07. The van der Waals surface area contributed by atoms with Crippen molar-refractivity contribution in [3.8, 4) is 0 Å². The topological polar surface area (TPSA) is 73.4 Å². The van der Waals surface area contributed by atoms with Crippen molar-refractivity contribution in [2.24, 2.45) is 0 Å². The number of benzene rings is 2. The molecule has 0 unspecified atom stereocenters. The van der Waals surface area contributed by atoms with Gasteiger partial charge in [0.2, 0.25) is 0 Å². The van der Waals surface area contributed by atoms with Crippen LogP contribution in [0, 0.1) is 0 Å². The normalized spacial score (nSPS) is 13.6. The standard InChI is InChI=1S/C19H16N2O3S.C2H6/c22-18-16-7-2-1-6-14(16)15-8-9-21(11-17(15)20-18)25-13-5-3-4-12(10-13)19(23)24;1-2/h1-7,10H,8-9,11H2,(H,20,22)(H,23,24);1-2H3. The second kappa shape index (κ2) is 8.41. The summed E-state index contributed by atoms with van der Waals surface area (Å²) >= 11 is 1.52. The molecule has 140 valence electrons. The number of fused-ring (bicyclic) bond motifs is 3. The zero-order valence-corrected chi connectivity index (χ0v) is 16.2. The lowest BCUT2D eigenvalue weighted by molar-refractivity contribution is 0.0696. The first kappa shape index (κ1) is 19.2. The number of nitrogens with one attached hydrogen (secondary N) is 1. The number of carboxylic acid groups (broad SMARTS) is 1. The van der Waals surface area contributed by atoms with Crippen LogP contribution in [0.3, 0.4) is 0 Å². The Kier molecular flexibility index (Phi) is 5.98. The average Bonchev–Trinajstić information content (AvgIpc) is 2.70. The lowest BCUT2D eigenvalue weighted by atomic mass is 9.99. The Balaban J connectivity index is 0.00000102. The molecular weight excluding hydrogens is 360 g/mol. The van der Waals surface area contributed by atoms with Gasteiger partial charge in [0.25, 0.3) is 5.56 Å². The molecule has 2 N–H and O–H groups in total. The van der Waals surface area contributed by atoms with Crippen LogP contribution < -0.4 is 5.56 Å². The van der Waals surface area contributed by atoms with Gasteiger partial charge in [-0.05, 0) is 53.6 Å². The van der Waals surface area contributed by atoms with Crippen molar-refractivity contribution in [3.05, 3.63) is 75.7 Å². The molecule has 0 atom stereocenters. The van der Waals surface area contributed by atoms with Gasteiger partial charge in [0, 0.05) is 29.1 Å². The summed E-state index contributed by atoms with van der Waals surface area (Å²) in [5, 5.41) is 10.9. The Bertz CT molecular complexity index is 1030. The van der Waals surface area contributed by atoms with Gasteiger partial charge < -0.3 is 10.1 Å². The van der Waals surface area contributed by atoms with E-state index in [-0.39, 0.29) is 11.1 Å². The first-order valence-corrected chi connectivity index (χ1v) is 9.78. The molecule has 0 fully saturated rings. The number of aromatic amines is 1. The quantitative estimate of drug-likeness (QED) is 0.660. The molecule has 0 amide bonds. The first-order valence-electron chi connectivity index (χ1n) is 9.01. The van der Waals surface area contributed by atoms with Gasteiger partial charge in [-0.1, -0.05) is 38.1 Å². The summed E-state index contributed by atoms with van der Waals surface area (Å²) in [7, 11) is 0. The summed E-state index contributed by atoms with van der Waals surface area (Å²) in [6, 6.07) is 14.6. The van der Waals surface area contributed by atoms with Crippen LogP contribution in [-0.4, -0.2) is 26.9 Å². The number of hydrogen-bond donors (Lipinski definition) is 2. The van der Waals surface area contributed by atoms with Gasteiger partial charge in [0.05, 0.1) is 5.56 Å². The van der Waals surface area contributed by atoms with Crippen LogP contribution in [0.4, 0.5) is 0 Å². The van der Waals surface area contributed by atoms with Crippen molar-refractivity contribution in [1.82, 2.24) is 9.29 Å². The monoisotopic (exact) mass is 382 g/mol. The zero-order valence-electron chi connectivity index (χ0n) is 15.4. The van der Waals surface area contributed by atoms with Crippen LogP contribution in [0.5, 0.6) is 0 Å². The zero-order chi connectivity index (χ0) is 19.4. The molecule has 27 heavy (non-hydrogen) atoms. The highest BCUT2D eigenvalue weighted by atomic mass is 32.2. The summed E-state index contributed by atoms with van der Waals surface area (Å²) in [6.07, 6.45) is 0.845. The van der Waals surface area contributed by atoms with Crippen LogP contribution in [0.15, 0.2) is 58.2 Å². The van der Waals surface area contributed by atoms with Gasteiger partial charge in [-0.2, -0.15) is 0 Å². The molecule has 0 aliphatic carbocycles. The minimum absolute atomic E-state index is 0.0610. The smallest absolute Gasteiger partial charge is 0.335 e. The van der Waals surface area contributed by atoms with E-state index in [1.54, 1.807) is 18.2 Å².